The van der Waals surface area contributed by atoms with Crippen molar-refractivity contribution in [3.05, 3.63) is 0 Å². The van der Waals surface area contributed by atoms with Gasteiger partial charge in [-0.1, -0.05) is 0 Å². The highest BCUT2D eigenvalue weighted by atomic mass is 16.5. The van der Waals surface area contributed by atoms with Crippen molar-refractivity contribution in [1.82, 2.24) is 5.32 Å². The Kier molecular flexibility index (Phi) is 5.50. The number of amides is 1. The van der Waals surface area contributed by atoms with Crippen molar-refractivity contribution in [3.63, 3.8) is 0 Å². The third-order valence-corrected chi connectivity index (χ3v) is 1.17. The molecule has 0 rings (SSSR count). The molecule has 0 aliphatic carbocycles. The molecule has 0 aromatic rings. The van der Waals surface area contributed by atoms with E-state index in [1.54, 1.807) is 0 Å². The number of rotatable bonds is 5. The van der Waals surface area contributed by atoms with E-state index in [9.17, 15) is 4.79 Å². The smallest absolute Gasteiger partial charge is 0.404 e. The van der Waals surface area contributed by atoms with Crippen molar-refractivity contribution >= 4 is 6.09 Å². The lowest BCUT2D eigenvalue weighted by Crippen LogP contribution is -2.37. The van der Waals surface area contributed by atoms with Crippen LogP contribution in [0.3, 0.4) is 0 Å². The number of hydrogen-bond acceptors (Lipinski definition) is 3. The Hall–Kier alpha value is -0.810. The molecule has 0 fully saturated rings. The average Bonchev–Trinajstić information content (AvgIpc) is 1.87. The van der Waals surface area contributed by atoms with E-state index in [2.05, 4.69) is 5.32 Å². The molecule has 1 unspecified atom stereocenters. The number of carboxylic acid groups (broad SMARTS) is 1. The van der Waals surface area contributed by atoms with E-state index >= 15 is 0 Å². The molecule has 0 aliphatic heterocycles. The fraction of sp³-hybridized carbons (Fsp3) is 0.833. The number of carbonyl (C=O) groups is 1. The maximum Gasteiger partial charge on any atom is 0.404 e. The minimum absolute atomic E-state index is 0.0473. The number of methoxy groups -OCH3 is 1. The zero-order valence-electron chi connectivity index (χ0n) is 6.41. The van der Waals surface area contributed by atoms with Crippen LogP contribution in [0.1, 0.15) is 6.42 Å². The van der Waals surface area contributed by atoms with Crippen LogP contribution in [-0.4, -0.2) is 42.7 Å². The van der Waals surface area contributed by atoms with E-state index < -0.39 is 6.09 Å². The van der Waals surface area contributed by atoms with Crippen LogP contribution in [0, 0.1) is 0 Å². The topological polar surface area (TPSA) is 78.8 Å². The molecule has 0 aromatic heterocycles. The highest BCUT2D eigenvalue weighted by molar-refractivity contribution is 5.64. The molecular formula is C6H13NO4. The van der Waals surface area contributed by atoms with Crippen LogP contribution in [0.2, 0.25) is 0 Å². The summed E-state index contributed by atoms with van der Waals surface area (Å²) >= 11 is 0. The van der Waals surface area contributed by atoms with Crippen molar-refractivity contribution in [1.29, 1.82) is 0 Å². The molecule has 0 radical (unpaired) electrons. The second-order valence-corrected chi connectivity index (χ2v) is 2.11. The van der Waals surface area contributed by atoms with Gasteiger partial charge >= 0.3 is 6.09 Å². The maximum absolute atomic E-state index is 10.1. The highest BCUT2D eigenvalue weighted by Gasteiger charge is 2.09. The zero-order valence-corrected chi connectivity index (χ0v) is 6.41. The maximum atomic E-state index is 10.1. The van der Waals surface area contributed by atoms with Gasteiger partial charge in [0, 0.05) is 13.7 Å². The fourth-order valence-corrected chi connectivity index (χ4v) is 0.729. The first-order valence-corrected chi connectivity index (χ1v) is 3.30. The van der Waals surface area contributed by atoms with E-state index in [0.717, 1.165) is 0 Å². The predicted octanol–water partition coefficient (Wildman–Crippen LogP) is -0.349. The van der Waals surface area contributed by atoms with Crippen LogP contribution in [0.5, 0.6) is 0 Å². The summed E-state index contributed by atoms with van der Waals surface area (Å²) in [6.45, 7) is 0.237. The Morgan fingerprint density at radius 2 is 2.36 bits per heavy atom. The Morgan fingerprint density at radius 3 is 2.73 bits per heavy atom. The predicted molar refractivity (Wildman–Crippen MR) is 38.5 cm³/mol. The third kappa shape index (κ3) is 5.63. The zero-order chi connectivity index (χ0) is 8.69. The van der Waals surface area contributed by atoms with Gasteiger partial charge in [0.1, 0.15) is 0 Å². The molecule has 66 valence electrons. The van der Waals surface area contributed by atoms with Gasteiger partial charge in [-0.2, -0.15) is 0 Å². The quantitative estimate of drug-likeness (QED) is 0.517. The van der Waals surface area contributed by atoms with Gasteiger partial charge in [-0.15, -0.1) is 0 Å². The number of nitrogens with one attached hydrogen (secondary N) is 1. The van der Waals surface area contributed by atoms with Gasteiger partial charge in [-0.05, 0) is 6.42 Å². The molecule has 5 heteroatoms. The summed E-state index contributed by atoms with van der Waals surface area (Å²) in [5, 5.41) is 19.0. The largest absolute Gasteiger partial charge is 0.465 e. The lowest BCUT2D eigenvalue weighted by atomic mass is 10.2. The summed E-state index contributed by atoms with van der Waals surface area (Å²) in [5.41, 5.74) is 0. The van der Waals surface area contributed by atoms with Crippen molar-refractivity contribution in [2.45, 2.75) is 12.5 Å². The first-order valence-electron chi connectivity index (χ1n) is 3.30. The van der Waals surface area contributed by atoms with Crippen molar-refractivity contribution in [2.24, 2.45) is 0 Å². The van der Waals surface area contributed by atoms with Gasteiger partial charge in [0.25, 0.3) is 0 Å². The van der Waals surface area contributed by atoms with Crippen molar-refractivity contribution in [3.8, 4) is 0 Å². The van der Waals surface area contributed by atoms with Crippen LogP contribution < -0.4 is 5.32 Å². The number of hydrogen-bond donors (Lipinski definition) is 3. The Morgan fingerprint density at radius 1 is 1.73 bits per heavy atom. The van der Waals surface area contributed by atoms with E-state index in [0.29, 0.717) is 6.42 Å². The van der Waals surface area contributed by atoms with Crippen LogP contribution in [0.25, 0.3) is 0 Å². The monoisotopic (exact) mass is 163 g/mol. The summed E-state index contributed by atoms with van der Waals surface area (Å²) in [6.07, 6.45) is -0.722. The van der Waals surface area contributed by atoms with Gasteiger partial charge in [0.05, 0.1) is 12.6 Å². The number of ether oxygens (including phenoxy) is 1. The van der Waals surface area contributed by atoms with Gasteiger partial charge in [-0.25, -0.2) is 4.79 Å². The molecule has 0 aliphatic rings. The molecule has 3 N–H and O–H groups in total. The van der Waals surface area contributed by atoms with E-state index in [-0.39, 0.29) is 19.3 Å². The lowest BCUT2D eigenvalue weighted by molar-refractivity contribution is 0.138. The normalized spacial score (nSPS) is 12.5. The standard InChI is InChI=1S/C6H13NO4/c1-11-4-5(2-3-8)7-6(9)10/h5,7-8H,2-4H2,1H3,(H,9,10). The number of aliphatic hydroxyl groups excluding tert-OH is 1. The highest BCUT2D eigenvalue weighted by Crippen LogP contribution is 1.90. The van der Waals surface area contributed by atoms with Crippen LogP contribution in [-0.2, 0) is 4.74 Å². The average molecular weight is 163 g/mol. The lowest BCUT2D eigenvalue weighted by Gasteiger charge is -2.13. The Bertz CT molecular complexity index is 111. The van der Waals surface area contributed by atoms with Gasteiger partial charge in [0.15, 0.2) is 0 Å². The summed E-state index contributed by atoms with van der Waals surface area (Å²) < 4.78 is 4.72. The molecule has 0 saturated carbocycles. The Labute approximate surface area is 65.0 Å². The fourth-order valence-electron chi connectivity index (χ4n) is 0.729. The molecule has 0 bridgehead atoms. The van der Waals surface area contributed by atoms with Crippen molar-refractivity contribution < 1.29 is 19.7 Å². The van der Waals surface area contributed by atoms with Gasteiger partial charge < -0.3 is 20.3 Å². The van der Waals surface area contributed by atoms with E-state index in [1.165, 1.54) is 7.11 Å². The minimum atomic E-state index is -1.10. The minimum Gasteiger partial charge on any atom is -0.465 e. The van der Waals surface area contributed by atoms with Crippen LogP contribution >= 0.6 is 0 Å². The molecular weight excluding hydrogens is 150 g/mol. The summed E-state index contributed by atoms with van der Waals surface area (Å²) in [5.74, 6) is 0. The third-order valence-electron chi connectivity index (χ3n) is 1.17. The molecule has 0 saturated heterocycles. The molecule has 0 heterocycles. The summed E-state index contributed by atoms with van der Waals surface area (Å²) in [4.78, 5) is 10.1. The molecule has 0 spiro atoms. The molecule has 11 heavy (non-hydrogen) atoms. The molecule has 0 aromatic carbocycles. The second kappa shape index (κ2) is 5.94. The molecule has 5 nitrogen and oxygen atoms in total. The second-order valence-electron chi connectivity index (χ2n) is 2.11. The Balaban J connectivity index is 3.59. The SMILES string of the molecule is COCC(CCO)NC(=O)O. The van der Waals surface area contributed by atoms with Crippen LogP contribution in [0.15, 0.2) is 0 Å². The van der Waals surface area contributed by atoms with Gasteiger partial charge in [-0.3, -0.25) is 0 Å². The van der Waals surface area contributed by atoms with Crippen LogP contribution in [0.4, 0.5) is 4.79 Å². The van der Waals surface area contributed by atoms with Crippen molar-refractivity contribution in [2.75, 3.05) is 20.3 Å². The first kappa shape index (κ1) is 10.2. The van der Waals surface area contributed by atoms with E-state index in [4.69, 9.17) is 14.9 Å². The first-order chi connectivity index (χ1) is 5.20. The number of aliphatic hydroxyl groups is 1. The van der Waals surface area contributed by atoms with Gasteiger partial charge in [0.2, 0.25) is 0 Å². The van der Waals surface area contributed by atoms with E-state index in [1.807, 2.05) is 0 Å². The molecule has 1 atom stereocenters. The summed E-state index contributed by atoms with van der Waals surface area (Å²) in [6, 6.07) is -0.317. The molecule has 1 amide bonds. The summed E-state index contributed by atoms with van der Waals surface area (Å²) in [7, 11) is 1.48.